The van der Waals surface area contributed by atoms with Gasteiger partial charge in [-0.05, 0) is 34.7 Å². The van der Waals surface area contributed by atoms with E-state index in [1.807, 2.05) is 0 Å². The predicted molar refractivity (Wildman–Crippen MR) is 83.8 cm³/mol. The van der Waals surface area contributed by atoms with Crippen LogP contribution in [0.4, 0.5) is 0 Å². The molecular weight excluding hydrogens is 256 g/mol. The molecule has 1 aliphatic carbocycles. The fraction of sp³-hybridized carbons (Fsp3) is 0.158. The zero-order valence-electron chi connectivity index (χ0n) is 12.3. The van der Waals surface area contributed by atoms with Gasteiger partial charge >= 0.3 is 5.82 Å². The molecular formula is C19H17N2+. The van der Waals surface area contributed by atoms with Crippen LogP contribution < -0.4 is 4.57 Å². The van der Waals surface area contributed by atoms with Crippen LogP contribution in [-0.2, 0) is 13.5 Å². The number of hydrogen-bond donors (Lipinski definition) is 0. The highest BCUT2D eigenvalue weighted by Gasteiger charge is 2.27. The molecule has 0 amide bonds. The molecule has 0 unspecified atom stereocenters. The molecule has 102 valence electrons. The van der Waals surface area contributed by atoms with Crippen LogP contribution in [0.1, 0.15) is 16.8 Å². The summed E-state index contributed by atoms with van der Waals surface area (Å²) >= 11 is 0. The van der Waals surface area contributed by atoms with Gasteiger partial charge in [-0.3, -0.25) is 0 Å². The van der Waals surface area contributed by atoms with Crippen molar-refractivity contribution in [2.45, 2.75) is 13.3 Å². The van der Waals surface area contributed by atoms with Crippen LogP contribution in [0.5, 0.6) is 0 Å². The van der Waals surface area contributed by atoms with E-state index in [0.717, 1.165) is 12.2 Å². The lowest BCUT2D eigenvalue weighted by Gasteiger charge is -2.04. The highest BCUT2D eigenvalue weighted by atomic mass is 15.0. The summed E-state index contributed by atoms with van der Waals surface area (Å²) in [6.07, 6.45) is 3.15. The second-order valence-electron chi connectivity index (χ2n) is 5.68. The normalized spacial score (nSPS) is 12.1. The first kappa shape index (κ1) is 12.3. The molecule has 0 radical (unpaired) electrons. The minimum Gasteiger partial charge on any atom is -0.232 e. The van der Waals surface area contributed by atoms with Crippen LogP contribution in [0.25, 0.3) is 22.5 Å². The summed E-state index contributed by atoms with van der Waals surface area (Å²) in [6, 6.07) is 17.0. The van der Waals surface area contributed by atoms with Gasteiger partial charge in [0.15, 0.2) is 5.69 Å². The number of rotatable bonds is 1. The van der Waals surface area contributed by atoms with Gasteiger partial charge < -0.3 is 0 Å². The third-order valence-corrected chi connectivity index (χ3v) is 4.26. The van der Waals surface area contributed by atoms with Crippen LogP contribution in [0.15, 0.2) is 54.7 Å². The standard InChI is InChI=1S/C19H17N2/c1-13-7-3-5-9-15(13)19-20-18-11-14-8-4-6-10-16(14)17(18)12-21(19)2/h3-10,12H,11H2,1-2H3/q+1. The van der Waals surface area contributed by atoms with E-state index in [1.54, 1.807) is 0 Å². The molecule has 1 aromatic heterocycles. The molecule has 0 spiro atoms. The van der Waals surface area contributed by atoms with E-state index in [1.165, 1.54) is 33.5 Å². The Kier molecular flexibility index (Phi) is 2.64. The van der Waals surface area contributed by atoms with Crippen molar-refractivity contribution in [1.82, 2.24) is 4.98 Å². The highest BCUT2D eigenvalue weighted by Crippen LogP contribution is 2.35. The Morgan fingerprint density at radius 2 is 1.62 bits per heavy atom. The van der Waals surface area contributed by atoms with Gasteiger partial charge in [0, 0.05) is 6.42 Å². The summed E-state index contributed by atoms with van der Waals surface area (Å²) < 4.78 is 2.14. The molecule has 2 aromatic carbocycles. The zero-order chi connectivity index (χ0) is 14.4. The van der Waals surface area contributed by atoms with Crippen LogP contribution in [-0.4, -0.2) is 4.98 Å². The lowest BCUT2D eigenvalue weighted by atomic mass is 10.1. The van der Waals surface area contributed by atoms with E-state index in [0.29, 0.717) is 0 Å². The smallest absolute Gasteiger partial charge is 0.232 e. The van der Waals surface area contributed by atoms with Gasteiger partial charge in [0.2, 0.25) is 0 Å². The summed E-state index contributed by atoms with van der Waals surface area (Å²) in [4.78, 5) is 4.96. The molecule has 21 heavy (non-hydrogen) atoms. The van der Waals surface area contributed by atoms with Crippen molar-refractivity contribution in [3.63, 3.8) is 0 Å². The van der Waals surface area contributed by atoms with E-state index >= 15 is 0 Å². The molecule has 4 rings (SSSR count). The Balaban J connectivity index is 1.92. The average molecular weight is 273 g/mol. The van der Waals surface area contributed by atoms with Gasteiger partial charge in [-0.1, -0.05) is 42.5 Å². The van der Waals surface area contributed by atoms with Gasteiger partial charge in [0.1, 0.15) is 6.20 Å². The maximum Gasteiger partial charge on any atom is 0.330 e. The highest BCUT2D eigenvalue weighted by molar-refractivity contribution is 5.74. The second kappa shape index (κ2) is 4.52. The van der Waals surface area contributed by atoms with Gasteiger partial charge in [-0.25, -0.2) is 4.57 Å². The van der Waals surface area contributed by atoms with Crippen molar-refractivity contribution in [2.75, 3.05) is 0 Å². The molecule has 1 heterocycles. The van der Waals surface area contributed by atoms with Crippen molar-refractivity contribution >= 4 is 0 Å². The molecule has 3 aromatic rings. The lowest BCUT2D eigenvalue weighted by Crippen LogP contribution is -2.32. The number of benzene rings is 2. The molecule has 0 atom stereocenters. The van der Waals surface area contributed by atoms with Gasteiger partial charge in [0.25, 0.3) is 0 Å². The summed E-state index contributed by atoms with van der Waals surface area (Å²) in [5.41, 5.74) is 7.63. The van der Waals surface area contributed by atoms with Crippen LogP contribution in [0.3, 0.4) is 0 Å². The van der Waals surface area contributed by atoms with Crippen LogP contribution >= 0.6 is 0 Å². The number of nitrogens with zero attached hydrogens (tertiary/aromatic N) is 2. The molecule has 2 nitrogen and oxygen atoms in total. The first-order chi connectivity index (χ1) is 10.2. The summed E-state index contributed by atoms with van der Waals surface area (Å²) in [5, 5.41) is 0. The van der Waals surface area contributed by atoms with E-state index in [2.05, 4.69) is 73.3 Å². The Morgan fingerprint density at radius 1 is 0.905 bits per heavy atom. The number of hydrogen-bond acceptors (Lipinski definition) is 1. The summed E-state index contributed by atoms with van der Waals surface area (Å²) in [6.45, 7) is 2.14. The summed E-state index contributed by atoms with van der Waals surface area (Å²) in [5.74, 6) is 1.04. The molecule has 0 saturated heterocycles. The Morgan fingerprint density at radius 3 is 2.43 bits per heavy atom. The quantitative estimate of drug-likeness (QED) is 0.485. The molecule has 1 aliphatic rings. The Bertz CT molecular complexity index is 850. The molecule has 0 bridgehead atoms. The van der Waals surface area contributed by atoms with Gasteiger partial charge in [0.05, 0.1) is 18.2 Å². The van der Waals surface area contributed by atoms with Crippen molar-refractivity contribution in [1.29, 1.82) is 0 Å². The number of aryl methyl sites for hydroxylation is 2. The lowest BCUT2D eigenvalue weighted by molar-refractivity contribution is -0.662. The third-order valence-electron chi connectivity index (χ3n) is 4.26. The fourth-order valence-electron chi connectivity index (χ4n) is 3.15. The number of aromatic nitrogens is 2. The molecule has 2 heteroatoms. The first-order valence-electron chi connectivity index (χ1n) is 7.28. The van der Waals surface area contributed by atoms with E-state index in [9.17, 15) is 0 Å². The predicted octanol–water partition coefficient (Wildman–Crippen LogP) is 3.45. The van der Waals surface area contributed by atoms with Crippen molar-refractivity contribution in [3.05, 3.63) is 71.5 Å². The minimum atomic E-state index is 0.936. The van der Waals surface area contributed by atoms with Gasteiger partial charge in [-0.2, -0.15) is 0 Å². The SMILES string of the molecule is Cc1ccccc1-c1nc2c(c[n+]1C)-c1ccccc1C2. The minimum absolute atomic E-state index is 0.936. The maximum absolute atomic E-state index is 4.96. The number of fused-ring (bicyclic) bond motifs is 3. The van der Waals surface area contributed by atoms with Crippen molar-refractivity contribution in [3.8, 4) is 22.5 Å². The molecule has 0 N–H and O–H groups in total. The Hall–Kier alpha value is -2.48. The van der Waals surface area contributed by atoms with Crippen molar-refractivity contribution < 1.29 is 4.57 Å². The zero-order valence-corrected chi connectivity index (χ0v) is 12.3. The van der Waals surface area contributed by atoms with Gasteiger partial charge in [-0.15, -0.1) is 0 Å². The van der Waals surface area contributed by atoms with Crippen molar-refractivity contribution in [2.24, 2.45) is 7.05 Å². The third kappa shape index (κ3) is 1.87. The fourth-order valence-corrected chi connectivity index (χ4v) is 3.15. The van der Waals surface area contributed by atoms with E-state index in [-0.39, 0.29) is 0 Å². The monoisotopic (exact) mass is 273 g/mol. The molecule has 0 saturated carbocycles. The maximum atomic E-state index is 4.96. The first-order valence-corrected chi connectivity index (χ1v) is 7.28. The summed E-state index contributed by atoms with van der Waals surface area (Å²) in [7, 11) is 2.08. The topological polar surface area (TPSA) is 16.8 Å². The molecule has 0 aliphatic heterocycles. The van der Waals surface area contributed by atoms with Crippen LogP contribution in [0.2, 0.25) is 0 Å². The Labute approximate surface area is 124 Å². The largest absolute Gasteiger partial charge is 0.330 e. The second-order valence-corrected chi connectivity index (χ2v) is 5.68. The van der Waals surface area contributed by atoms with Crippen LogP contribution in [0, 0.1) is 6.92 Å². The van der Waals surface area contributed by atoms with E-state index < -0.39 is 0 Å². The molecule has 0 fully saturated rings. The average Bonchev–Trinajstić information content (AvgIpc) is 2.85. The van der Waals surface area contributed by atoms with E-state index in [4.69, 9.17) is 4.98 Å².